The largest absolute Gasteiger partial charge is 0.322 e. The SMILES string of the molecule is Cc1ccc(NC(=O)c2cncc(C(=O)Nc3ccc(C(C)C)cc3)c2)cc1. The molecule has 0 aliphatic rings. The number of aromatic nitrogens is 1. The summed E-state index contributed by atoms with van der Waals surface area (Å²) in [6.45, 7) is 6.22. The zero-order valence-corrected chi connectivity index (χ0v) is 16.2. The molecular weight excluding hydrogens is 350 g/mol. The van der Waals surface area contributed by atoms with Crippen LogP contribution in [0.25, 0.3) is 0 Å². The van der Waals surface area contributed by atoms with Gasteiger partial charge in [-0.2, -0.15) is 0 Å². The average molecular weight is 373 g/mol. The molecule has 2 amide bonds. The molecule has 0 spiro atoms. The first-order valence-corrected chi connectivity index (χ1v) is 9.17. The van der Waals surface area contributed by atoms with Crippen molar-refractivity contribution >= 4 is 23.2 Å². The molecule has 2 aromatic carbocycles. The van der Waals surface area contributed by atoms with Gasteiger partial charge in [0.2, 0.25) is 0 Å². The van der Waals surface area contributed by atoms with Crippen molar-refractivity contribution < 1.29 is 9.59 Å². The number of hydrogen-bond donors (Lipinski definition) is 2. The normalized spacial score (nSPS) is 10.6. The van der Waals surface area contributed by atoms with Crippen molar-refractivity contribution in [3.63, 3.8) is 0 Å². The Labute approximate surface area is 164 Å². The average Bonchev–Trinajstić information content (AvgIpc) is 2.70. The molecule has 0 aliphatic carbocycles. The fourth-order valence-electron chi connectivity index (χ4n) is 2.68. The van der Waals surface area contributed by atoms with E-state index in [9.17, 15) is 9.59 Å². The third kappa shape index (κ3) is 4.82. The molecule has 0 aliphatic heterocycles. The van der Waals surface area contributed by atoms with Gasteiger partial charge in [-0.05, 0) is 48.7 Å². The van der Waals surface area contributed by atoms with E-state index in [2.05, 4.69) is 29.5 Å². The predicted molar refractivity (Wildman–Crippen MR) is 112 cm³/mol. The Morgan fingerprint density at radius 2 is 1.25 bits per heavy atom. The van der Waals surface area contributed by atoms with Gasteiger partial charge in [-0.25, -0.2) is 0 Å². The molecule has 5 heteroatoms. The molecule has 0 bridgehead atoms. The quantitative estimate of drug-likeness (QED) is 0.660. The van der Waals surface area contributed by atoms with Gasteiger partial charge in [0.25, 0.3) is 11.8 Å². The summed E-state index contributed by atoms with van der Waals surface area (Å²) in [5.41, 5.74) is 4.35. The number of benzene rings is 2. The number of amides is 2. The molecule has 28 heavy (non-hydrogen) atoms. The summed E-state index contributed by atoms with van der Waals surface area (Å²) in [5, 5.41) is 5.64. The fraction of sp³-hybridized carbons (Fsp3) is 0.174. The van der Waals surface area contributed by atoms with Gasteiger partial charge in [-0.3, -0.25) is 14.6 Å². The minimum Gasteiger partial charge on any atom is -0.322 e. The number of rotatable bonds is 5. The van der Waals surface area contributed by atoms with E-state index in [0.29, 0.717) is 28.4 Å². The van der Waals surface area contributed by atoms with Gasteiger partial charge < -0.3 is 10.6 Å². The van der Waals surface area contributed by atoms with Gasteiger partial charge in [0.05, 0.1) is 11.1 Å². The molecule has 1 aromatic heterocycles. The maximum absolute atomic E-state index is 12.5. The molecule has 1 heterocycles. The highest BCUT2D eigenvalue weighted by molar-refractivity contribution is 6.08. The first kappa shape index (κ1) is 19.3. The lowest BCUT2D eigenvalue weighted by Gasteiger charge is -2.09. The second-order valence-corrected chi connectivity index (χ2v) is 7.01. The number of nitrogens with zero attached hydrogens (tertiary/aromatic N) is 1. The number of carbonyl (C=O) groups is 2. The van der Waals surface area contributed by atoms with Crippen molar-refractivity contribution in [3.05, 3.63) is 89.2 Å². The van der Waals surface area contributed by atoms with Crippen molar-refractivity contribution in [3.8, 4) is 0 Å². The van der Waals surface area contributed by atoms with Gasteiger partial charge in [0.15, 0.2) is 0 Å². The summed E-state index contributed by atoms with van der Waals surface area (Å²) in [6.07, 6.45) is 2.89. The lowest BCUT2D eigenvalue weighted by molar-refractivity contribution is 0.102. The number of nitrogens with one attached hydrogen (secondary N) is 2. The number of aryl methyl sites for hydroxylation is 1. The van der Waals surface area contributed by atoms with E-state index >= 15 is 0 Å². The van der Waals surface area contributed by atoms with E-state index in [1.54, 1.807) is 0 Å². The number of carbonyl (C=O) groups excluding carboxylic acids is 2. The minimum atomic E-state index is -0.313. The molecule has 0 saturated carbocycles. The number of pyridine rings is 1. The zero-order chi connectivity index (χ0) is 20.1. The summed E-state index contributed by atoms with van der Waals surface area (Å²) < 4.78 is 0. The van der Waals surface area contributed by atoms with Gasteiger partial charge in [0.1, 0.15) is 0 Å². The Bertz CT molecular complexity index is 977. The molecular formula is C23H23N3O2. The highest BCUT2D eigenvalue weighted by Crippen LogP contribution is 2.18. The van der Waals surface area contributed by atoms with Gasteiger partial charge in [0, 0.05) is 23.8 Å². The van der Waals surface area contributed by atoms with Crippen molar-refractivity contribution in [2.75, 3.05) is 10.6 Å². The zero-order valence-electron chi connectivity index (χ0n) is 16.2. The first-order valence-electron chi connectivity index (χ1n) is 9.17. The van der Waals surface area contributed by atoms with Crippen LogP contribution in [0.1, 0.15) is 51.6 Å². The molecule has 0 radical (unpaired) electrons. The lowest BCUT2D eigenvalue weighted by atomic mass is 10.0. The summed E-state index contributed by atoms with van der Waals surface area (Å²) >= 11 is 0. The summed E-state index contributed by atoms with van der Waals surface area (Å²) in [7, 11) is 0. The number of anilines is 2. The summed E-state index contributed by atoms with van der Waals surface area (Å²) in [6, 6.07) is 16.8. The Morgan fingerprint density at radius 1 is 0.786 bits per heavy atom. The van der Waals surface area contributed by atoms with Gasteiger partial charge in [-0.15, -0.1) is 0 Å². The van der Waals surface area contributed by atoms with E-state index in [1.165, 1.54) is 24.0 Å². The van der Waals surface area contributed by atoms with Crippen molar-refractivity contribution in [2.24, 2.45) is 0 Å². The van der Waals surface area contributed by atoms with Crippen LogP contribution >= 0.6 is 0 Å². The monoisotopic (exact) mass is 373 g/mol. The highest BCUT2D eigenvalue weighted by atomic mass is 16.2. The molecule has 5 nitrogen and oxygen atoms in total. The van der Waals surface area contributed by atoms with E-state index in [-0.39, 0.29) is 11.8 Å². The smallest absolute Gasteiger partial charge is 0.257 e. The third-order valence-corrected chi connectivity index (χ3v) is 4.41. The lowest BCUT2D eigenvalue weighted by Crippen LogP contribution is -2.16. The fourth-order valence-corrected chi connectivity index (χ4v) is 2.68. The second kappa shape index (κ2) is 8.48. The van der Waals surface area contributed by atoms with Crippen LogP contribution in [0.5, 0.6) is 0 Å². The van der Waals surface area contributed by atoms with Crippen LogP contribution in [0.3, 0.4) is 0 Å². The van der Waals surface area contributed by atoms with E-state index in [1.807, 2.05) is 55.5 Å². The summed E-state index contributed by atoms with van der Waals surface area (Å²) in [5.74, 6) is -0.195. The van der Waals surface area contributed by atoms with E-state index < -0.39 is 0 Å². The standard InChI is InChI=1S/C23H23N3O2/c1-15(2)17-6-10-21(11-7-17)26-23(28)19-12-18(13-24-14-19)22(27)25-20-8-4-16(3)5-9-20/h4-15H,1-3H3,(H,25,27)(H,26,28). The summed E-state index contributed by atoms with van der Waals surface area (Å²) in [4.78, 5) is 29.0. The maximum Gasteiger partial charge on any atom is 0.257 e. The molecule has 142 valence electrons. The third-order valence-electron chi connectivity index (χ3n) is 4.41. The molecule has 3 rings (SSSR count). The van der Waals surface area contributed by atoms with Crippen molar-refractivity contribution in [1.29, 1.82) is 0 Å². The van der Waals surface area contributed by atoms with Crippen LogP contribution in [0.2, 0.25) is 0 Å². The molecule has 0 unspecified atom stereocenters. The van der Waals surface area contributed by atoms with Crippen LogP contribution in [-0.2, 0) is 0 Å². The number of hydrogen-bond acceptors (Lipinski definition) is 3. The van der Waals surface area contributed by atoms with Crippen LogP contribution in [0.15, 0.2) is 67.0 Å². The minimum absolute atomic E-state index is 0.310. The topological polar surface area (TPSA) is 71.1 Å². The predicted octanol–water partition coefficient (Wildman–Crippen LogP) is 5.02. The van der Waals surface area contributed by atoms with E-state index in [0.717, 1.165) is 5.56 Å². The maximum atomic E-state index is 12.5. The second-order valence-electron chi connectivity index (χ2n) is 7.01. The van der Waals surface area contributed by atoms with Crippen LogP contribution < -0.4 is 10.6 Å². The Hall–Kier alpha value is -3.47. The highest BCUT2D eigenvalue weighted by Gasteiger charge is 2.12. The molecule has 2 N–H and O–H groups in total. The molecule has 0 atom stereocenters. The molecule has 0 fully saturated rings. The van der Waals surface area contributed by atoms with Crippen LogP contribution in [0.4, 0.5) is 11.4 Å². The van der Waals surface area contributed by atoms with Crippen LogP contribution in [-0.4, -0.2) is 16.8 Å². The van der Waals surface area contributed by atoms with E-state index in [4.69, 9.17) is 0 Å². The Kier molecular flexibility index (Phi) is 5.84. The van der Waals surface area contributed by atoms with Crippen LogP contribution in [0, 0.1) is 6.92 Å². The van der Waals surface area contributed by atoms with Gasteiger partial charge in [-0.1, -0.05) is 43.7 Å². The Balaban J connectivity index is 1.70. The molecule has 3 aromatic rings. The first-order chi connectivity index (χ1) is 13.4. The van der Waals surface area contributed by atoms with Crippen molar-refractivity contribution in [1.82, 2.24) is 4.98 Å². The van der Waals surface area contributed by atoms with Gasteiger partial charge >= 0.3 is 0 Å². The Morgan fingerprint density at radius 3 is 1.71 bits per heavy atom. The van der Waals surface area contributed by atoms with Crippen molar-refractivity contribution in [2.45, 2.75) is 26.7 Å². The molecule has 0 saturated heterocycles.